The molecule has 1 heterocycles. The number of fused-ring (bicyclic) bond motifs is 1. The van der Waals surface area contributed by atoms with Crippen LogP contribution < -0.4 is 0 Å². The number of carbonyl (C=O) groups is 1. The Balaban J connectivity index is 1.94. The maximum absolute atomic E-state index is 10.5. The number of aliphatic carboxylic acids is 1. The highest BCUT2D eigenvalue weighted by molar-refractivity contribution is 5.70. The van der Waals surface area contributed by atoms with Gasteiger partial charge in [0.05, 0.1) is 18.1 Å². The molecule has 1 aliphatic carbocycles. The number of rotatable bonds is 1. The van der Waals surface area contributed by atoms with Crippen molar-refractivity contribution >= 4 is 5.97 Å². The summed E-state index contributed by atoms with van der Waals surface area (Å²) in [6, 6.07) is 0. The molecule has 0 bridgehead atoms. The summed E-state index contributed by atoms with van der Waals surface area (Å²) in [4.78, 5) is 10.5. The van der Waals surface area contributed by atoms with Crippen molar-refractivity contribution in [2.45, 2.75) is 31.5 Å². The van der Waals surface area contributed by atoms with E-state index in [9.17, 15) is 4.79 Å². The Hall–Kier alpha value is -0.570. The molecule has 1 aliphatic heterocycles. The van der Waals surface area contributed by atoms with E-state index in [4.69, 9.17) is 9.84 Å². The quantitative estimate of drug-likeness (QED) is 0.546. The number of hydrogen-bond donors (Lipinski definition) is 1. The lowest BCUT2D eigenvalue weighted by Gasteiger charge is -2.12. The van der Waals surface area contributed by atoms with Gasteiger partial charge >= 0.3 is 5.97 Å². The second-order valence-electron chi connectivity index (χ2n) is 3.06. The summed E-state index contributed by atoms with van der Waals surface area (Å²) < 4.78 is 5.19. The molecule has 0 spiro atoms. The van der Waals surface area contributed by atoms with Gasteiger partial charge < -0.3 is 9.84 Å². The van der Waals surface area contributed by atoms with E-state index in [1.165, 1.54) is 0 Å². The summed E-state index contributed by atoms with van der Waals surface area (Å²) in [5.41, 5.74) is 0. The normalized spacial score (nSPS) is 44.2. The molecule has 1 N–H and O–H groups in total. The first-order chi connectivity index (χ1) is 4.77. The highest BCUT2D eigenvalue weighted by Crippen LogP contribution is 2.39. The van der Waals surface area contributed by atoms with Gasteiger partial charge in [0.15, 0.2) is 0 Å². The fourth-order valence-corrected chi connectivity index (χ4v) is 1.63. The highest BCUT2D eigenvalue weighted by atomic mass is 16.6. The third kappa shape index (κ3) is 0.904. The van der Waals surface area contributed by atoms with E-state index in [-0.39, 0.29) is 12.0 Å². The van der Waals surface area contributed by atoms with Crippen LogP contribution in [0.1, 0.15) is 19.3 Å². The van der Waals surface area contributed by atoms with E-state index >= 15 is 0 Å². The maximum atomic E-state index is 10.5. The van der Waals surface area contributed by atoms with Crippen LogP contribution >= 0.6 is 0 Å². The first kappa shape index (κ1) is 6.16. The molecule has 0 aromatic carbocycles. The first-order valence-corrected chi connectivity index (χ1v) is 3.65. The van der Waals surface area contributed by atoms with E-state index in [0.717, 1.165) is 19.3 Å². The number of ether oxygens (including phenoxy) is 1. The van der Waals surface area contributed by atoms with Crippen LogP contribution in [0.5, 0.6) is 0 Å². The largest absolute Gasteiger partial charge is 0.481 e. The van der Waals surface area contributed by atoms with Crippen molar-refractivity contribution in [2.24, 2.45) is 5.92 Å². The Morgan fingerprint density at radius 3 is 2.80 bits per heavy atom. The van der Waals surface area contributed by atoms with Gasteiger partial charge in [-0.05, 0) is 19.3 Å². The van der Waals surface area contributed by atoms with Gasteiger partial charge in [-0.3, -0.25) is 4.79 Å². The SMILES string of the molecule is O=C(O)[C@@H]1CC[C@H]2O[C@H]2C1. The minimum Gasteiger partial charge on any atom is -0.481 e. The highest BCUT2D eigenvalue weighted by Gasteiger charge is 2.45. The van der Waals surface area contributed by atoms with Crippen LogP contribution in [0.25, 0.3) is 0 Å². The fourth-order valence-electron chi connectivity index (χ4n) is 1.63. The van der Waals surface area contributed by atoms with Crippen LogP contribution in [0.15, 0.2) is 0 Å². The molecule has 0 unspecified atom stereocenters. The maximum Gasteiger partial charge on any atom is 0.306 e. The van der Waals surface area contributed by atoms with E-state index in [1.807, 2.05) is 0 Å². The molecule has 3 heteroatoms. The van der Waals surface area contributed by atoms with Crippen molar-refractivity contribution in [3.63, 3.8) is 0 Å². The van der Waals surface area contributed by atoms with Crippen molar-refractivity contribution in [3.8, 4) is 0 Å². The molecular formula is C7H10O3. The third-order valence-electron chi connectivity index (χ3n) is 2.35. The molecule has 0 aromatic rings. The van der Waals surface area contributed by atoms with Crippen molar-refractivity contribution in [3.05, 3.63) is 0 Å². The zero-order valence-electron chi connectivity index (χ0n) is 5.62. The average molecular weight is 142 g/mol. The molecule has 0 aromatic heterocycles. The van der Waals surface area contributed by atoms with Gasteiger partial charge in [0.2, 0.25) is 0 Å². The van der Waals surface area contributed by atoms with Gasteiger partial charge in [-0.15, -0.1) is 0 Å². The standard InChI is InChI=1S/C7H10O3/c8-7(9)4-1-2-5-6(3-4)10-5/h4-6H,1-3H2,(H,8,9)/t4-,5-,6+/m1/s1. The average Bonchev–Trinajstić information content (AvgIpc) is 2.63. The second kappa shape index (κ2) is 1.95. The molecule has 0 radical (unpaired) electrons. The van der Waals surface area contributed by atoms with Gasteiger partial charge in [0.25, 0.3) is 0 Å². The summed E-state index contributed by atoms with van der Waals surface area (Å²) in [5, 5.41) is 8.62. The molecule has 2 aliphatic rings. The van der Waals surface area contributed by atoms with Crippen LogP contribution in [-0.4, -0.2) is 23.3 Å². The summed E-state index contributed by atoms with van der Waals surface area (Å²) in [6.45, 7) is 0. The molecule has 10 heavy (non-hydrogen) atoms. The summed E-state index contributed by atoms with van der Waals surface area (Å²) in [6.07, 6.45) is 3.18. The van der Waals surface area contributed by atoms with Gasteiger partial charge in [-0.2, -0.15) is 0 Å². The third-order valence-corrected chi connectivity index (χ3v) is 2.35. The minimum atomic E-state index is -0.658. The van der Waals surface area contributed by atoms with Crippen LogP contribution in [-0.2, 0) is 9.53 Å². The molecule has 1 saturated heterocycles. The zero-order valence-corrected chi connectivity index (χ0v) is 5.62. The van der Waals surface area contributed by atoms with Crippen LogP contribution in [0.3, 0.4) is 0 Å². The lowest BCUT2D eigenvalue weighted by molar-refractivity contribution is -0.142. The van der Waals surface area contributed by atoms with Crippen LogP contribution in [0.4, 0.5) is 0 Å². The van der Waals surface area contributed by atoms with Gasteiger partial charge in [-0.1, -0.05) is 0 Å². The minimum absolute atomic E-state index is 0.135. The lowest BCUT2D eigenvalue weighted by Crippen LogP contribution is -2.21. The Bertz CT molecular complexity index is 166. The van der Waals surface area contributed by atoms with E-state index < -0.39 is 5.97 Å². The van der Waals surface area contributed by atoms with E-state index in [1.54, 1.807) is 0 Å². The monoisotopic (exact) mass is 142 g/mol. The number of carboxylic acid groups (broad SMARTS) is 1. The molecule has 0 amide bonds. The Morgan fingerprint density at radius 1 is 1.40 bits per heavy atom. The van der Waals surface area contributed by atoms with Crippen molar-refractivity contribution in [1.82, 2.24) is 0 Å². The first-order valence-electron chi connectivity index (χ1n) is 3.65. The van der Waals surface area contributed by atoms with Crippen molar-refractivity contribution in [1.29, 1.82) is 0 Å². The summed E-state index contributed by atoms with van der Waals surface area (Å²) in [5.74, 6) is -0.794. The summed E-state index contributed by atoms with van der Waals surface area (Å²) in [7, 11) is 0. The Morgan fingerprint density at radius 2 is 2.20 bits per heavy atom. The zero-order chi connectivity index (χ0) is 7.14. The van der Waals surface area contributed by atoms with Gasteiger partial charge in [0.1, 0.15) is 0 Å². The fraction of sp³-hybridized carbons (Fsp3) is 0.857. The smallest absolute Gasteiger partial charge is 0.306 e. The van der Waals surface area contributed by atoms with Crippen LogP contribution in [0.2, 0.25) is 0 Å². The molecule has 1 saturated carbocycles. The van der Waals surface area contributed by atoms with Crippen molar-refractivity contribution < 1.29 is 14.6 Å². The molecule has 2 rings (SSSR count). The molecule has 2 fully saturated rings. The predicted octanol–water partition coefficient (Wildman–Crippen LogP) is 0.638. The molecule has 56 valence electrons. The summed E-state index contributed by atoms with van der Waals surface area (Å²) >= 11 is 0. The van der Waals surface area contributed by atoms with E-state index in [2.05, 4.69) is 0 Å². The lowest BCUT2D eigenvalue weighted by atomic mass is 9.90. The topological polar surface area (TPSA) is 49.8 Å². The van der Waals surface area contributed by atoms with Gasteiger partial charge in [-0.25, -0.2) is 0 Å². The van der Waals surface area contributed by atoms with Crippen LogP contribution in [0, 0.1) is 5.92 Å². The number of epoxide rings is 1. The number of carboxylic acids is 1. The van der Waals surface area contributed by atoms with E-state index in [0.29, 0.717) is 6.10 Å². The number of hydrogen-bond acceptors (Lipinski definition) is 2. The Labute approximate surface area is 59.0 Å². The molecular weight excluding hydrogens is 132 g/mol. The van der Waals surface area contributed by atoms with Crippen molar-refractivity contribution in [2.75, 3.05) is 0 Å². The van der Waals surface area contributed by atoms with Gasteiger partial charge in [0, 0.05) is 0 Å². The Kier molecular flexibility index (Phi) is 1.20. The second-order valence-corrected chi connectivity index (χ2v) is 3.06. The molecule has 3 atom stereocenters. The molecule has 3 nitrogen and oxygen atoms in total. The predicted molar refractivity (Wildman–Crippen MR) is 33.6 cm³/mol.